The lowest BCUT2D eigenvalue weighted by Gasteiger charge is -2.37. The second-order valence-corrected chi connectivity index (χ2v) is 6.05. The highest BCUT2D eigenvalue weighted by molar-refractivity contribution is 7.80. The Morgan fingerprint density at radius 3 is 2.58 bits per heavy atom. The maximum Gasteiger partial charge on any atom is 0.0746 e. The van der Waals surface area contributed by atoms with E-state index in [4.69, 9.17) is 18.0 Å². The maximum absolute atomic E-state index is 9.37. The van der Waals surface area contributed by atoms with Gasteiger partial charge in [-0.25, -0.2) is 0 Å². The molecule has 0 aliphatic heterocycles. The van der Waals surface area contributed by atoms with E-state index in [1.165, 1.54) is 5.56 Å². The zero-order valence-corrected chi connectivity index (χ0v) is 12.1. The number of nitrogens with two attached hydrogens (primary N) is 1. The molecule has 3 nitrogen and oxygen atoms in total. The molecule has 1 atom stereocenters. The average Bonchev–Trinajstić information content (AvgIpc) is 2.35. The van der Waals surface area contributed by atoms with E-state index in [2.05, 4.69) is 24.1 Å². The lowest BCUT2D eigenvalue weighted by molar-refractivity contribution is 0.0223. The van der Waals surface area contributed by atoms with Gasteiger partial charge in [0.05, 0.1) is 11.1 Å². The Kier molecular flexibility index (Phi) is 4.91. The minimum Gasteiger partial charge on any atom is -0.393 e. The molecule has 1 aliphatic rings. The van der Waals surface area contributed by atoms with Crippen LogP contribution in [-0.2, 0) is 0 Å². The molecule has 1 saturated carbocycles. The number of rotatable bonds is 6. The third-order valence-electron chi connectivity index (χ3n) is 3.87. The minimum absolute atomic E-state index is 0.0934. The molecule has 1 aromatic carbocycles. The van der Waals surface area contributed by atoms with Gasteiger partial charge in [-0.15, -0.1) is 0 Å². The van der Waals surface area contributed by atoms with Gasteiger partial charge < -0.3 is 10.8 Å². The number of nitrogens with zero attached hydrogens (tertiary/aromatic N) is 1. The van der Waals surface area contributed by atoms with E-state index in [-0.39, 0.29) is 12.1 Å². The maximum atomic E-state index is 9.37. The predicted molar refractivity (Wildman–Crippen MR) is 81.9 cm³/mol. The number of benzene rings is 1. The summed E-state index contributed by atoms with van der Waals surface area (Å²) < 4.78 is 0. The fourth-order valence-electron chi connectivity index (χ4n) is 2.78. The van der Waals surface area contributed by atoms with E-state index in [0.717, 1.165) is 19.4 Å². The highest BCUT2D eigenvalue weighted by Crippen LogP contribution is 2.31. The molecule has 104 valence electrons. The molecule has 0 amide bonds. The van der Waals surface area contributed by atoms with Gasteiger partial charge in [0.1, 0.15) is 0 Å². The SMILES string of the molecule is CN(CC1CC(O)C1)C(CC(N)=S)c1ccccc1. The van der Waals surface area contributed by atoms with Gasteiger partial charge >= 0.3 is 0 Å². The zero-order valence-electron chi connectivity index (χ0n) is 11.3. The normalized spacial score (nSPS) is 23.9. The van der Waals surface area contributed by atoms with Crippen LogP contribution in [0.25, 0.3) is 0 Å². The Labute approximate surface area is 120 Å². The Balaban J connectivity index is 2.02. The molecule has 0 bridgehead atoms. The van der Waals surface area contributed by atoms with Crippen LogP contribution in [0.4, 0.5) is 0 Å². The molecular weight excluding hydrogens is 256 g/mol. The summed E-state index contributed by atoms with van der Waals surface area (Å²) in [6.07, 6.45) is 2.44. The molecule has 0 spiro atoms. The summed E-state index contributed by atoms with van der Waals surface area (Å²) in [5.41, 5.74) is 6.98. The zero-order chi connectivity index (χ0) is 13.8. The highest BCUT2D eigenvalue weighted by atomic mass is 32.1. The fraction of sp³-hybridized carbons (Fsp3) is 0.533. The van der Waals surface area contributed by atoms with Crippen molar-refractivity contribution >= 4 is 17.2 Å². The molecule has 2 rings (SSSR count). The molecule has 1 aromatic rings. The van der Waals surface area contributed by atoms with Crippen molar-refractivity contribution in [3.8, 4) is 0 Å². The Hall–Kier alpha value is -0.970. The smallest absolute Gasteiger partial charge is 0.0746 e. The van der Waals surface area contributed by atoms with E-state index < -0.39 is 0 Å². The quantitative estimate of drug-likeness (QED) is 0.783. The van der Waals surface area contributed by atoms with Crippen LogP contribution < -0.4 is 5.73 Å². The minimum atomic E-state index is -0.0934. The van der Waals surface area contributed by atoms with Gasteiger partial charge in [-0.05, 0) is 31.4 Å². The molecule has 3 N–H and O–H groups in total. The third kappa shape index (κ3) is 4.00. The standard InChI is InChI=1S/C15H22N2OS/c1-17(10-11-7-13(18)8-11)14(9-15(16)19)12-5-3-2-4-6-12/h2-6,11,13-14,18H,7-10H2,1H3,(H2,16,19). The summed E-state index contributed by atoms with van der Waals surface area (Å²) >= 11 is 5.08. The Bertz CT molecular complexity index is 417. The van der Waals surface area contributed by atoms with Gasteiger partial charge in [-0.2, -0.15) is 0 Å². The van der Waals surface area contributed by atoms with E-state index in [1.807, 2.05) is 18.2 Å². The third-order valence-corrected chi connectivity index (χ3v) is 4.03. The second-order valence-electron chi connectivity index (χ2n) is 5.53. The van der Waals surface area contributed by atoms with Crippen molar-refractivity contribution in [2.45, 2.75) is 31.4 Å². The van der Waals surface area contributed by atoms with Crippen molar-refractivity contribution in [2.24, 2.45) is 11.7 Å². The van der Waals surface area contributed by atoms with Crippen molar-refractivity contribution in [2.75, 3.05) is 13.6 Å². The van der Waals surface area contributed by atoms with Crippen LogP contribution >= 0.6 is 12.2 Å². The van der Waals surface area contributed by atoms with Crippen LogP contribution in [0.3, 0.4) is 0 Å². The van der Waals surface area contributed by atoms with Crippen LogP contribution in [0.15, 0.2) is 30.3 Å². The summed E-state index contributed by atoms with van der Waals surface area (Å²) in [6.45, 7) is 0.985. The summed E-state index contributed by atoms with van der Waals surface area (Å²) in [5, 5.41) is 9.37. The van der Waals surface area contributed by atoms with Gasteiger partial charge in [-0.3, -0.25) is 4.90 Å². The average molecular weight is 278 g/mol. The molecule has 0 aromatic heterocycles. The number of hydrogen-bond donors (Lipinski definition) is 2. The van der Waals surface area contributed by atoms with E-state index >= 15 is 0 Å². The summed E-state index contributed by atoms with van der Waals surface area (Å²) in [6, 6.07) is 10.6. The largest absolute Gasteiger partial charge is 0.393 e. The van der Waals surface area contributed by atoms with Gasteiger partial charge in [0.25, 0.3) is 0 Å². The first-order valence-electron chi connectivity index (χ1n) is 6.78. The first-order valence-corrected chi connectivity index (χ1v) is 7.18. The molecule has 1 fully saturated rings. The first-order chi connectivity index (χ1) is 9.06. The molecule has 0 radical (unpaired) electrons. The lowest BCUT2D eigenvalue weighted by atomic mass is 9.82. The van der Waals surface area contributed by atoms with Crippen LogP contribution in [-0.4, -0.2) is 34.7 Å². The predicted octanol–water partition coefficient (Wildman–Crippen LogP) is 2.11. The number of hydrogen-bond acceptors (Lipinski definition) is 3. The summed E-state index contributed by atoms with van der Waals surface area (Å²) in [4.78, 5) is 2.86. The highest BCUT2D eigenvalue weighted by Gasteiger charge is 2.30. The lowest BCUT2D eigenvalue weighted by Crippen LogP contribution is -2.39. The number of aliphatic hydroxyl groups excluding tert-OH is 1. The van der Waals surface area contributed by atoms with E-state index in [9.17, 15) is 5.11 Å². The molecule has 4 heteroatoms. The second kappa shape index (κ2) is 6.46. The van der Waals surface area contributed by atoms with E-state index in [1.54, 1.807) is 0 Å². The Morgan fingerprint density at radius 1 is 1.42 bits per heavy atom. The molecule has 0 saturated heterocycles. The fourth-order valence-corrected chi connectivity index (χ4v) is 2.94. The van der Waals surface area contributed by atoms with Gasteiger partial charge in [0.15, 0.2) is 0 Å². The summed E-state index contributed by atoms with van der Waals surface area (Å²) in [7, 11) is 2.11. The molecule has 1 aliphatic carbocycles. The van der Waals surface area contributed by atoms with Gasteiger partial charge in [0.2, 0.25) is 0 Å². The van der Waals surface area contributed by atoms with Crippen molar-refractivity contribution < 1.29 is 5.11 Å². The van der Waals surface area contributed by atoms with Crippen LogP contribution in [0.5, 0.6) is 0 Å². The number of aliphatic hydroxyl groups is 1. The van der Waals surface area contributed by atoms with Gasteiger partial charge in [-0.1, -0.05) is 42.5 Å². The topological polar surface area (TPSA) is 49.5 Å². The van der Waals surface area contributed by atoms with Gasteiger partial charge in [0, 0.05) is 19.0 Å². The van der Waals surface area contributed by atoms with Crippen LogP contribution in [0.1, 0.15) is 30.9 Å². The number of thiocarbonyl (C=S) groups is 1. The van der Waals surface area contributed by atoms with Crippen molar-refractivity contribution in [3.05, 3.63) is 35.9 Å². The molecular formula is C15H22N2OS. The monoisotopic (exact) mass is 278 g/mol. The molecule has 0 heterocycles. The van der Waals surface area contributed by atoms with Crippen molar-refractivity contribution in [3.63, 3.8) is 0 Å². The van der Waals surface area contributed by atoms with E-state index in [0.29, 0.717) is 17.3 Å². The Morgan fingerprint density at radius 2 is 2.05 bits per heavy atom. The van der Waals surface area contributed by atoms with Crippen LogP contribution in [0, 0.1) is 5.92 Å². The summed E-state index contributed by atoms with van der Waals surface area (Å²) in [5.74, 6) is 0.595. The van der Waals surface area contributed by atoms with Crippen molar-refractivity contribution in [1.82, 2.24) is 4.90 Å². The van der Waals surface area contributed by atoms with Crippen LogP contribution in [0.2, 0.25) is 0 Å². The van der Waals surface area contributed by atoms with Crippen molar-refractivity contribution in [1.29, 1.82) is 0 Å². The first kappa shape index (κ1) is 14.4. The molecule has 19 heavy (non-hydrogen) atoms. The molecule has 1 unspecified atom stereocenters.